The molecule has 2 atom stereocenters. The molecule has 0 unspecified atom stereocenters. The molecule has 27 heavy (non-hydrogen) atoms. The first-order chi connectivity index (χ1) is 12.7. The summed E-state index contributed by atoms with van der Waals surface area (Å²) in [7, 11) is -1.76. The monoisotopic (exact) mass is 392 g/mol. The van der Waals surface area contributed by atoms with Gasteiger partial charge in [0, 0.05) is 12.7 Å². The van der Waals surface area contributed by atoms with Gasteiger partial charge in [0.1, 0.15) is 0 Å². The largest absolute Gasteiger partial charge is 0.414 e. The third kappa shape index (κ3) is 9.40. The van der Waals surface area contributed by atoms with Crippen molar-refractivity contribution in [3.05, 3.63) is 35.9 Å². The van der Waals surface area contributed by atoms with E-state index in [1.54, 1.807) is 0 Å². The molecule has 0 aromatic heterocycles. The Morgan fingerprint density at radius 1 is 0.963 bits per heavy atom. The molecule has 0 amide bonds. The number of benzene rings is 1. The topological polar surface area (TPSA) is 18.5 Å². The Kier molecular flexibility index (Phi) is 10.9. The number of unbranched alkanes of at least 4 members (excludes halogenated alkanes) is 3. The average molecular weight is 393 g/mol. The Morgan fingerprint density at radius 3 is 2.22 bits per heavy atom. The predicted molar refractivity (Wildman–Crippen MR) is 121 cm³/mol. The maximum Gasteiger partial charge on any atom is 0.192 e. The van der Waals surface area contributed by atoms with Crippen LogP contribution in [0.1, 0.15) is 78.7 Å². The van der Waals surface area contributed by atoms with Gasteiger partial charge in [-0.25, -0.2) is 0 Å². The van der Waals surface area contributed by atoms with Crippen molar-refractivity contribution < 1.29 is 9.16 Å². The lowest BCUT2D eigenvalue weighted by molar-refractivity contribution is 0.0526. The van der Waals surface area contributed by atoms with Gasteiger partial charge in [0.05, 0.1) is 6.61 Å². The minimum absolute atomic E-state index is 0.248. The summed E-state index contributed by atoms with van der Waals surface area (Å²) in [6.07, 6.45) is 7.87. The number of rotatable bonds is 13. The smallest absolute Gasteiger partial charge is 0.192 e. The Balaban J connectivity index is 2.57. The average Bonchev–Trinajstić information content (AvgIpc) is 2.61. The molecule has 0 spiro atoms. The van der Waals surface area contributed by atoms with Crippen LogP contribution in [0.25, 0.3) is 0 Å². The van der Waals surface area contributed by atoms with Crippen molar-refractivity contribution in [3.8, 4) is 0 Å². The van der Waals surface area contributed by atoms with E-state index in [0.717, 1.165) is 13.0 Å². The van der Waals surface area contributed by atoms with Crippen LogP contribution in [0, 0.1) is 5.92 Å². The SMILES string of the molecule is CCCCCC[C@H](C)[C@H](CCOCc1ccccc1)O[Si](C)(C)C(C)(C)C. The van der Waals surface area contributed by atoms with Gasteiger partial charge < -0.3 is 9.16 Å². The zero-order chi connectivity index (χ0) is 20.3. The lowest BCUT2D eigenvalue weighted by Gasteiger charge is -2.41. The van der Waals surface area contributed by atoms with Crippen LogP contribution in [0.5, 0.6) is 0 Å². The quantitative estimate of drug-likeness (QED) is 0.254. The van der Waals surface area contributed by atoms with Crippen molar-refractivity contribution in [2.45, 2.75) is 104 Å². The number of hydrogen-bond acceptors (Lipinski definition) is 2. The summed E-state index contributed by atoms with van der Waals surface area (Å²) in [5, 5.41) is 0.248. The fraction of sp³-hybridized carbons (Fsp3) is 0.750. The molecule has 0 aliphatic rings. The van der Waals surface area contributed by atoms with Gasteiger partial charge >= 0.3 is 0 Å². The molecule has 3 heteroatoms. The van der Waals surface area contributed by atoms with E-state index in [2.05, 4.69) is 72.0 Å². The van der Waals surface area contributed by atoms with Crippen molar-refractivity contribution in [1.82, 2.24) is 0 Å². The molecule has 0 heterocycles. The Bertz CT molecular complexity index is 493. The van der Waals surface area contributed by atoms with E-state index >= 15 is 0 Å². The molecule has 0 fully saturated rings. The first-order valence-electron chi connectivity index (χ1n) is 11.0. The van der Waals surface area contributed by atoms with Crippen LogP contribution in [0.15, 0.2) is 30.3 Å². The Morgan fingerprint density at radius 2 is 1.63 bits per heavy atom. The highest BCUT2D eigenvalue weighted by Crippen LogP contribution is 2.39. The fourth-order valence-corrected chi connectivity index (χ4v) is 4.52. The van der Waals surface area contributed by atoms with E-state index in [1.165, 1.54) is 37.7 Å². The zero-order valence-electron chi connectivity index (χ0n) is 19.0. The van der Waals surface area contributed by atoms with E-state index in [-0.39, 0.29) is 5.04 Å². The highest BCUT2D eigenvalue weighted by atomic mass is 28.4. The standard InChI is InChI=1S/C24H44O2Si/c1-8-9-10-12-15-21(2)23(26-27(6,7)24(3,4)5)18-19-25-20-22-16-13-11-14-17-22/h11,13-14,16-17,21,23H,8-10,12,15,18-20H2,1-7H3/t21-,23-/m0/s1. The van der Waals surface area contributed by atoms with Crippen LogP contribution in [0.2, 0.25) is 18.1 Å². The highest BCUT2D eigenvalue weighted by Gasteiger charge is 2.39. The third-order valence-corrected chi connectivity index (χ3v) is 10.6. The van der Waals surface area contributed by atoms with Crippen LogP contribution in [-0.4, -0.2) is 21.0 Å². The van der Waals surface area contributed by atoms with Gasteiger partial charge in [-0.1, -0.05) is 90.6 Å². The normalized spacial score (nSPS) is 14.9. The first kappa shape index (κ1) is 24.4. The summed E-state index contributed by atoms with van der Waals surface area (Å²) < 4.78 is 12.8. The highest BCUT2D eigenvalue weighted by molar-refractivity contribution is 6.74. The minimum Gasteiger partial charge on any atom is -0.414 e. The second-order valence-corrected chi connectivity index (χ2v) is 14.3. The maximum absolute atomic E-state index is 6.83. The summed E-state index contributed by atoms with van der Waals surface area (Å²) in [6, 6.07) is 10.4. The number of ether oxygens (including phenoxy) is 1. The molecule has 1 rings (SSSR count). The molecule has 0 aliphatic carbocycles. The maximum atomic E-state index is 6.83. The Labute approximate surface area is 170 Å². The molecule has 1 aromatic carbocycles. The summed E-state index contributed by atoms with van der Waals surface area (Å²) in [5.74, 6) is 0.594. The summed E-state index contributed by atoms with van der Waals surface area (Å²) in [4.78, 5) is 0. The van der Waals surface area contributed by atoms with Crippen molar-refractivity contribution in [1.29, 1.82) is 0 Å². The minimum atomic E-state index is -1.76. The van der Waals surface area contributed by atoms with E-state index in [4.69, 9.17) is 9.16 Å². The first-order valence-corrected chi connectivity index (χ1v) is 13.9. The predicted octanol–water partition coefficient (Wildman–Crippen LogP) is 7.59. The molecular formula is C24H44O2Si. The van der Waals surface area contributed by atoms with Crippen LogP contribution < -0.4 is 0 Å². The summed E-state index contributed by atoms with van der Waals surface area (Å²) in [6.45, 7) is 17.8. The van der Waals surface area contributed by atoms with E-state index in [1.807, 2.05) is 6.07 Å². The van der Waals surface area contributed by atoms with Crippen LogP contribution >= 0.6 is 0 Å². The van der Waals surface area contributed by atoms with Gasteiger partial charge in [0.25, 0.3) is 0 Å². The molecule has 0 aliphatic heterocycles. The van der Waals surface area contributed by atoms with Crippen LogP contribution in [0.3, 0.4) is 0 Å². The zero-order valence-corrected chi connectivity index (χ0v) is 20.0. The van der Waals surface area contributed by atoms with Gasteiger partial charge in [-0.15, -0.1) is 0 Å². The lowest BCUT2D eigenvalue weighted by atomic mass is 9.95. The molecule has 1 aromatic rings. The van der Waals surface area contributed by atoms with Crippen molar-refractivity contribution in [2.75, 3.05) is 6.61 Å². The molecule has 0 saturated carbocycles. The van der Waals surface area contributed by atoms with E-state index in [9.17, 15) is 0 Å². The second kappa shape index (κ2) is 12.0. The van der Waals surface area contributed by atoms with Crippen LogP contribution in [-0.2, 0) is 15.8 Å². The van der Waals surface area contributed by atoms with Gasteiger partial charge in [0.15, 0.2) is 8.32 Å². The van der Waals surface area contributed by atoms with E-state index < -0.39 is 8.32 Å². The Hall–Kier alpha value is -0.643. The molecular weight excluding hydrogens is 348 g/mol. The molecule has 0 bridgehead atoms. The van der Waals surface area contributed by atoms with Gasteiger partial charge in [-0.3, -0.25) is 0 Å². The van der Waals surface area contributed by atoms with Crippen molar-refractivity contribution in [3.63, 3.8) is 0 Å². The van der Waals surface area contributed by atoms with Crippen molar-refractivity contribution >= 4 is 8.32 Å². The molecule has 2 nitrogen and oxygen atoms in total. The van der Waals surface area contributed by atoms with E-state index in [0.29, 0.717) is 18.6 Å². The summed E-state index contributed by atoms with van der Waals surface area (Å²) >= 11 is 0. The van der Waals surface area contributed by atoms with Gasteiger partial charge in [-0.2, -0.15) is 0 Å². The van der Waals surface area contributed by atoms with Gasteiger partial charge in [0.2, 0.25) is 0 Å². The third-order valence-electron chi connectivity index (χ3n) is 6.06. The van der Waals surface area contributed by atoms with Crippen LogP contribution in [0.4, 0.5) is 0 Å². The van der Waals surface area contributed by atoms with Gasteiger partial charge in [-0.05, 0) is 42.5 Å². The molecule has 0 radical (unpaired) electrons. The summed E-state index contributed by atoms with van der Waals surface area (Å²) in [5.41, 5.74) is 1.24. The second-order valence-electron chi connectivity index (χ2n) is 9.57. The molecule has 0 N–H and O–H groups in total. The lowest BCUT2D eigenvalue weighted by Crippen LogP contribution is -2.45. The van der Waals surface area contributed by atoms with Crippen molar-refractivity contribution in [2.24, 2.45) is 5.92 Å². The molecule has 0 saturated heterocycles. The molecule has 156 valence electrons. The fourth-order valence-electron chi connectivity index (χ4n) is 3.06. The number of hydrogen-bond donors (Lipinski definition) is 0.